The van der Waals surface area contributed by atoms with Crippen molar-refractivity contribution in [3.63, 3.8) is 0 Å². The van der Waals surface area contributed by atoms with Gasteiger partial charge in [-0.15, -0.1) is 0 Å². The number of nitrogens with zero attached hydrogens (tertiary/aromatic N) is 2. The van der Waals surface area contributed by atoms with Crippen LogP contribution in [-0.4, -0.2) is 29.3 Å². The van der Waals surface area contributed by atoms with E-state index in [1.165, 1.54) is 0 Å². The quantitative estimate of drug-likeness (QED) is 0.458. The molecule has 32 heavy (non-hydrogen) atoms. The Morgan fingerprint density at radius 1 is 1.09 bits per heavy atom. The van der Waals surface area contributed by atoms with E-state index < -0.39 is 0 Å². The lowest BCUT2D eigenvalue weighted by molar-refractivity contribution is 0.0903. The molecule has 0 fully saturated rings. The first-order valence-corrected chi connectivity index (χ1v) is 11.4. The van der Waals surface area contributed by atoms with Crippen molar-refractivity contribution in [1.82, 2.24) is 10.3 Å². The minimum Gasteiger partial charge on any atom is -0.493 e. The lowest BCUT2D eigenvalue weighted by Crippen LogP contribution is -2.31. The molecule has 0 saturated heterocycles. The maximum atomic E-state index is 12.8. The number of benzene rings is 2. The number of rotatable bonds is 4. The van der Waals surface area contributed by atoms with Gasteiger partial charge in [0, 0.05) is 33.0 Å². The van der Waals surface area contributed by atoms with Crippen molar-refractivity contribution in [1.29, 1.82) is 0 Å². The van der Waals surface area contributed by atoms with Gasteiger partial charge < -0.3 is 10.1 Å². The molecule has 1 aromatic heterocycles. The molecule has 3 heterocycles. The Kier molecular flexibility index (Phi) is 5.53. The molecule has 5 nitrogen and oxygen atoms in total. The van der Waals surface area contributed by atoms with Crippen molar-refractivity contribution in [2.45, 2.75) is 36.2 Å². The van der Waals surface area contributed by atoms with Crippen molar-refractivity contribution in [2.75, 3.05) is 6.54 Å². The molecule has 6 heteroatoms. The van der Waals surface area contributed by atoms with Crippen LogP contribution in [0.2, 0.25) is 0 Å². The molecule has 0 spiro atoms. The second kappa shape index (κ2) is 8.63. The third-order valence-corrected chi connectivity index (χ3v) is 6.60. The van der Waals surface area contributed by atoms with E-state index >= 15 is 0 Å². The largest absolute Gasteiger partial charge is 0.493 e. The highest BCUT2D eigenvalue weighted by Crippen LogP contribution is 2.41. The van der Waals surface area contributed by atoms with Crippen LogP contribution in [0.1, 0.15) is 40.7 Å². The third-order valence-electron chi connectivity index (χ3n) is 5.46. The molecule has 0 saturated carbocycles. The first kappa shape index (κ1) is 20.5. The maximum Gasteiger partial charge on any atom is 0.251 e. The highest BCUT2D eigenvalue weighted by atomic mass is 32.2. The van der Waals surface area contributed by atoms with E-state index in [9.17, 15) is 4.79 Å². The zero-order valence-electron chi connectivity index (χ0n) is 18.0. The van der Waals surface area contributed by atoms with Gasteiger partial charge in [-0.25, -0.2) is 4.99 Å². The van der Waals surface area contributed by atoms with Gasteiger partial charge in [-0.1, -0.05) is 36.0 Å². The fraction of sp³-hybridized carbons (Fsp3) is 0.192. The number of allylic oxidation sites excluding steroid dienone is 1. The molecule has 2 aliphatic heterocycles. The molecule has 0 bridgehead atoms. The van der Waals surface area contributed by atoms with Crippen molar-refractivity contribution in [3.8, 4) is 0 Å². The predicted octanol–water partition coefficient (Wildman–Crippen LogP) is 5.45. The number of carbonyl (C=O) groups excluding carboxylic acids is 1. The number of ether oxygens (including phenoxy) is 1. The first-order valence-electron chi connectivity index (χ1n) is 10.6. The molecule has 2 aliphatic rings. The molecular weight excluding hydrogens is 418 g/mol. The lowest BCUT2D eigenvalue weighted by Gasteiger charge is -2.13. The van der Waals surface area contributed by atoms with Crippen molar-refractivity contribution in [2.24, 2.45) is 4.99 Å². The number of hydrogen-bond acceptors (Lipinski definition) is 5. The zero-order chi connectivity index (χ0) is 22.1. The first-order chi connectivity index (χ1) is 15.6. The number of amides is 1. The average molecular weight is 442 g/mol. The normalized spacial score (nSPS) is 16.8. The Hall–Kier alpha value is -3.38. The van der Waals surface area contributed by atoms with Crippen LogP contribution in [0.15, 0.2) is 87.3 Å². The fourth-order valence-corrected chi connectivity index (χ4v) is 4.85. The van der Waals surface area contributed by atoms with Crippen molar-refractivity contribution >= 4 is 29.1 Å². The Balaban J connectivity index is 1.48. The van der Waals surface area contributed by atoms with E-state index in [0.29, 0.717) is 12.1 Å². The van der Waals surface area contributed by atoms with Gasteiger partial charge in [-0.2, -0.15) is 0 Å². The SMILES string of the molecule is CC1=CCC(CNC(=O)c2ccc3c(c2)N=C(c2cccc(C)n2)c2ccccc2S3)O1. The summed E-state index contributed by atoms with van der Waals surface area (Å²) >= 11 is 1.66. The molecule has 1 unspecified atom stereocenters. The Labute approximate surface area is 191 Å². The van der Waals surface area contributed by atoms with Gasteiger partial charge in [0.25, 0.3) is 5.91 Å². The number of nitrogens with one attached hydrogen (secondary N) is 1. The van der Waals surface area contributed by atoms with Crippen LogP contribution in [0.4, 0.5) is 5.69 Å². The molecule has 0 aliphatic carbocycles. The number of aliphatic imine (C=N–C) groups is 1. The fourth-order valence-electron chi connectivity index (χ4n) is 3.84. The molecule has 1 atom stereocenters. The van der Waals surface area contributed by atoms with Gasteiger partial charge in [-0.3, -0.25) is 9.78 Å². The molecule has 5 rings (SSSR count). The molecule has 3 aromatic rings. The molecule has 160 valence electrons. The second-order valence-corrected chi connectivity index (χ2v) is 8.99. The molecule has 0 radical (unpaired) electrons. The maximum absolute atomic E-state index is 12.8. The highest BCUT2D eigenvalue weighted by Gasteiger charge is 2.21. The molecule has 1 amide bonds. The summed E-state index contributed by atoms with van der Waals surface area (Å²) in [5.74, 6) is 0.788. The summed E-state index contributed by atoms with van der Waals surface area (Å²) < 4.78 is 5.68. The Morgan fingerprint density at radius 3 is 2.78 bits per heavy atom. The number of fused-ring (bicyclic) bond motifs is 2. The van der Waals surface area contributed by atoms with Gasteiger partial charge in [-0.05, 0) is 56.3 Å². The Morgan fingerprint density at radius 2 is 1.97 bits per heavy atom. The summed E-state index contributed by atoms with van der Waals surface area (Å²) in [5, 5.41) is 2.99. The number of hydrogen-bond donors (Lipinski definition) is 1. The minimum absolute atomic E-state index is 0.00171. The molecular formula is C26H23N3O2S. The third kappa shape index (κ3) is 4.18. The van der Waals surface area contributed by atoms with E-state index in [4.69, 9.17) is 14.7 Å². The highest BCUT2D eigenvalue weighted by molar-refractivity contribution is 7.99. The van der Waals surface area contributed by atoms with Crippen LogP contribution in [0.5, 0.6) is 0 Å². The summed E-state index contributed by atoms with van der Waals surface area (Å²) in [6.07, 6.45) is 2.87. The summed E-state index contributed by atoms with van der Waals surface area (Å²) in [6.45, 7) is 4.39. The second-order valence-electron chi connectivity index (χ2n) is 7.91. The smallest absolute Gasteiger partial charge is 0.251 e. The van der Waals surface area contributed by atoms with Crippen LogP contribution < -0.4 is 5.32 Å². The van der Waals surface area contributed by atoms with Crippen molar-refractivity contribution in [3.05, 3.63) is 95.0 Å². The van der Waals surface area contributed by atoms with Crippen LogP contribution >= 0.6 is 11.8 Å². The van der Waals surface area contributed by atoms with E-state index in [0.717, 1.165) is 50.3 Å². The Bertz CT molecular complexity index is 1270. The average Bonchev–Trinajstić information content (AvgIpc) is 3.14. The molecule has 1 N–H and O–H groups in total. The standard InChI is InChI=1S/C26H23N3O2S/c1-16-6-5-8-21(28-16)25-20-7-3-4-9-23(20)32-24-13-11-18(14-22(24)29-25)26(30)27-15-19-12-10-17(2)31-19/h3-11,13-14,19H,12,15H2,1-2H3,(H,27,30). The van der Waals surface area contributed by atoms with E-state index in [2.05, 4.69) is 17.4 Å². The van der Waals surface area contributed by atoms with Crippen LogP contribution in [0, 0.1) is 6.92 Å². The predicted molar refractivity (Wildman–Crippen MR) is 127 cm³/mol. The number of carbonyl (C=O) groups is 1. The van der Waals surface area contributed by atoms with Crippen LogP contribution in [0.3, 0.4) is 0 Å². The van der Waals surface area contributed by atoms with Gasteiger partial charge in [0.05, 0.1) is 29.4 Å². The molecule has 2 aromatic carbocycles. The topological polar surface area (TPSA) is 63.6 Å². The summed E-state index contributed by atoms with van der Waals surface area (Å²) in [4.78, 5) is 24.7. The van der Waals surface area contributed by atoms with Gasteiger partial charge in [0.2, 0.25) is 0 Å². The summed E-state index contributed by atoms with van der Waals surface area (Å²) in [6, 6.07) is 19.8. The monoisotopic (exact) mass is 441 g/mol. The number of aryl methyl sites for hydroxylation is 1. The van der Waals surface area contributed by atoms with E-state index in [-0.39, 0.29) is 12.0 Å². The number of aromatic nitrogens is 1. The van der Waals surface area contributed by atoms with Crippen molar-refractivity contribution < 1.29 is 9.53 Å². The van der Waals surface area contributed by atoms with Crippen LogP contribution in [0.25, 0.3) is 0 Å². The minimum atomic E-state index is -0.127. The number of pyridine rings is 1. The van der Waals surface area contributed by atoms with Crippen LogP contribution in [-0.2, 0) is 4.74 Å². The van der Waals surface area contributed by atoms with Gasteiger partial charge >= 0.3 is 0 Å². The van der Waals surface area contributed by atoms with E-state index in [1.807, 2.05) is 68.5 Å². The lowest BCUT2D eigenvalue weighted by atomic mass is 10.1. The van der Waals surface area contributed by atoms with E-state index in [1.54, 1.807) is 11.8 Å². The zero-order valence-corrected chi connectivity index (χ0v) is 18.8. The summed E-state index contributed by atoms with van der Waals surface area (Å²) in [7, 11) is 0. The van der Waals surface area contributed by atoms with Gasteiger partial charge in [0.1, 0.15) is 6.10 Å². The van der Waals surface area contributed by atoms with Gasteiger partial charge in [0.15, 0.2) is 0 Å². The summed E-state index contributed by atoms with van der Waals surface area (Å²) in [5.41, 5.74) is 4.96.